The van der Waals surface area contributed by atoms with Gasteiger partial charge in [-0.1, -0.05) is 26.8 Å². The molecular weight excluding hydrogens is 250 g/mol. The van der Waals surface area contributed by atoms with Crippen molar-refractivity contribution in [2.24, 2.45) is 7.05 Å². The maximum absolute atomic E-state index is 12.5. The summed E-state index contributed by atoms with van der Waals surface area (Å²) >= 11 is 0. The number of nitrogen functional groups attached to an aromatic ring is 1. The van der Waals surface area contributed by atoms with E-state index in [1.54, 1.807) is 4.68 Å². The van der Waals surface area contributed by atoms with Gasteiger partial charge < -0.3 is 5.73 Å². The molecule has 0 saturated heterocycles. The van der Waals surface area contributed by atoms with E-state index >= 15 is 0 Å². The van der Waals surface area contributed by atoms with Gasteiger partial charge in [0, 0.05) is 12.5 Å². The second-order valence-corrected chi connectivity index (χ2v) is 6.50. The molecule has 0 fully saturated rings. The molecular formula is C16H23N3O. The quantitative estimate of drug-likeness (QED) is 0.868. The third kappa shape index (κ3) is 2.26. The number of aryl methyl sites for hydroxylation is 2. The first-order valence-corrected chi connectivity index (χ1v) is 6.79. The Labute approximate surface area is 119 Å². The first-order chi connectivity index (χ1) is 9.12. The van der Waals surface area contributed by atoms with Crippen molar-refractivity contribution in [3.8, 4) is 5.69 Å². The highest BCUT2D eigenvalue weighted by Crippen LogP contribution is 2.27. The Balaban J connectivity index is 2.80. The van der Waals surface area contributed by atoms with Gasteiger partial charge in [-0.25, -0.2) is 4.68 Å². The SMILES string of the molecule is Cc1cc(C)cc(-n2c(=O)c(N)c(C(C)(C)C)n2C)c1. The summed E-state index contributed by atoms with van der Waals surface area (Å²) in [5.74, 6) is 0. The van der Waals surface area contributed by atoms with Crippen molar-refractivity contribution in [1.82, 2.24) is 9.36 Å². The summed E-state index contributed by atoms with van der Waals surface area (Å²) < 4.78 is 3.52. The molecule has 2 rings (SSSR count). The minimum absolute atomic E-state index is 0.151. The molecule has 0 radical (unpaired) electrons. The van der Waals surface area contributed by atoms with E-state index < -0.39 is 0 Å². The monoisotopic (exact) mass is 273 g/mol. The molecule has 1 aromatic heterocycles. The molecule has 0 amide bonds. The summed E-state index contributed by atoms with van der Waals surface area (Å²) in [5, 5.41) is 0. The summed E-state index contributed by atoms with van der Waals surface area (Å²) in [6, 6.07) is 6.09. The van der Waals surface area contributed by atoms with Crippen LogP contribution in [0, 0.1) is 13.8 Å². The highest BCUT2D eigenvalue weighted by molar-refractivity contribution is 5.49. The lowest BCUT2D eigenvalue weighted by Crippen LogP contribution is -2.22. The first kappa shape index (κ1) is 14.4. The molecule has 1 heterocycles. The zero-order chi connectivity index (χ0) is 15.2. The average Bonchev–Trinajstić information content (AvgIpc) is 2.47. The topological polar surface area (TPSA) is 52.9 Å². The molecule has 0 bridgehead atoms. The molecule has 0 saturated carbocycles. The number of hydrogen-bond donors (Lipinski definition) is 1. The lowest BCUT2D eigenvalue weighted by Gasteiger charge is -2.21. The van der Waals surface area contributed by atoms with Crippen molar-refractivity contribution >= 4 is 5.69 Å². The molecule has 4 heteroatoms. The van der Waals surface area contributed by atoms with Crippen molar-refractivity contribution in [2.45, 2.75) is 40.0 Å². The van der Waals surface area contributed by atoms with E-state index in [1.165, 1.54) is 0 Å². The summed E-state index contributed by atoms with van der Waals surface area (Å²) in [5.41, 5.74) is 10.0. The van der Waals surface area contributed by atoms with E-state index in [0.29, 0.717) is 5.69 Å². The molecule has 1 aromatic carbocycles. The number of nitrogens with two attached hydrogens (primary N) is 1. The lowest BCUT2D eigenvalue weighted by molar-refractivity contribution is 0.501. The van der Waals surface area contributed by atoms with Gasteiger partial charge in [-0.3, -0.25) is 9.48 Å². The Morgan fingerprint density at radius 2 is 1.55 bits per heavy atom. The summed E-state index contributed by atoms with van der Waals surface area (Å²) in [7, 11) is 1.88. The van der Waals surface area contributed by atoms with Crippen LogP contribution in [0.15, 0.2) is 23.0 Å². The van der Waals surface area contributed by atoms with Gasteiger partial charge in [0.2, 0.25) is 0 Å². The smallest absolute Gasteiger partial charge is 0.294 e. The molecule has 0 unspecified atom stereocenters. The van der Waals surface area contributed by atoms with Crippen LogP contribution in [-0.2, 0) is 12.5 Å². The van der Waals surface area contributed by atoms with Gasteiger partial charge in [0.1, 0.15) is 5.69 Å². The molecule has 0 aliphatic carbocycles. The summed E-state index contributed by atoms with van der Waals surface area (Å²) in [6.07, 6.45) is 0. The van der Waals surface area contributed by atoms with Crippen molar-refractivity contribution in [3.05, 3.63) is 45.4 Å². The second kappa shape index (κ2) is 4.54. The van der Waals surface area contributed by atoms with Crippen LogP contribution >= 0.6 is 0 Å². The zero-order valence-corrected chi connectivity index (χ0v) is 13.1. The number of benzene rings is 1. The summed E-state index contributed by atoms with van der Waals surface area (Å²) in [6.45, 7) is 10.2. The van der Waals surface area contributed by atoms with Gasteiger partial charge in [0.15, 0.2) is 0 Å². The third-order valence-corrected chi connectivity index (χ3v) is 3.46. The van der Waals surface area contributed by atoms with Gasteiger partial charge in [-0.15, -0.1) is 0 Å². The molecule has 2 N–H and O–H groups in total. The second-order valence-electron chi connectivity index (χ2n) is 6.50. The Morgan fingerprint density at radius 1 is 1.05 bits per heavy atom. The van der Waals surface area contributed by atoms with E-state index in [2.05, 4.69) is 26.8 Å². The highest BCUT2D eigenvalue weighted by atomic mass is 16.1. The molecule has 0 atom stereocenters. The Morgan fingerprint density at radius 3 is 1.95 bits per heavy atom. The Hall–Kier alpha value is -1.97. The Bertz CT molecular complexity index is 694. The van der Waals surface area contributed by atoms with Crippen LogP contribution in [-0.4, -0.2) is 9.36 Å². The van der Waals surface area contributed by atoms with Crippen molar-refractivity contribution in [1.29, 1.82) is 0 Å². The molecule has 2 aromatic rings. The van der Waals surface area contributed by atoms with Gasteiger partial charge >= 0.3 is 0 Å². The fraction of sp³-hybridized carbons (Fsp3) is 0.438. The maximum atomic E-state index is 12.5. The predicted octanol–water partition coefficient (Wildman–Crippen LogP) is 2.67. The molecule has 4 nitrogen and oxygen atoms in total. The fourth-order valence-electron chi connectivity index (χ4n) is 2.88. The van der Waals surface area contributed by atoms with Gasteiger partial charge in [-0.05, 0) is 37.1 Å². The van der Waals surface area contributed by atoms with Crippen molar-refractivity contribution in [2.75, 3.05) is 5.73 Å². The minimum atomic E-state index is -0.178. The summed E-state index contributed by atoms with van der Waals surface area (Å²) in [4.78, 5) is 12.5. The largest absolute Gasteiger partial charge is 0.393 e. The molecule has 0 aliphatic rings. The van der Waals surface area contributed by atoms with Crippen LogP contribution in [0.2, 0.25) is 0 Å². The van der Waals surface area contributed by atoms with Crippen LogP contribution in [0.3, 0.4) is 0 Å². The van der Waals surface area contributed by atoms with Gasteiger partial charge in [0.25, 0.3) is 5.56 Å². The van der Waals surface area contributed by atoms with Gasteiger partial charge in [-0.2, -0.15) is 0 Å². The molecule has 0 aliphatic heterocycles. The maximum Gasteiger partial charge on any atom is 0.294 e. The van der Waals surface area contributed by atoms with Gasteiger partial charge in [0.05, 0.1) is 11.4 Å². The van der Waals surface area contributed by atoms with Crippen LogP contribution in [0.25, 0.3) is 5.69 Å². The van der Waals surface area contributed by atoms with Crippen molar-refractivity contribution < 1.29 is 0 Å². The zero-order valence-electron chi connectivity index (χ0n) is 13.1. The lowest BCUT2D eigenvalue weighted by atomic mass is 9.91. The minimum Gasteiger partial charge on any atom is -0.393 e. The van der Waals surface area contributed by atoms with E-state index in [0.717, 1.165) is 22.5 Å². The third-order valence-electron chi connectivity index (χ3n) is 3.46. The number of hydrogen-bond acceptors (Lipinski definition) is 2. The van der Waals surface area contributed by atoms with E-state index in [-0.39, 0.29) is 11.0 Å². The van der Waals surface area contributed by atoms with Crippen molar-refractivity contribution in [3.63, 3.8) is 0 Å². The highest BCUT2D eigenvalue weighted by Gasteiger charge is 2.26. The normalized spacial score (nSPS) is 11.9. The van der Waals surface area contributed by atoms with Crippen LogP contribution in [0.5, 0.6) is 0 Å². The first-order valence-electron chi connectivity index (χ1n) is 6.79. The molecule has 108 valence electrons. The van der Waals surface area contributed by atoms with Crippen LogP contribution < -0.4 is 11.3 Å². The van der Waals surface area contributed by atoms with E-state index in [4.69, 9.17) is 5.73 Å². The number of rotatable bonds is 1. The molecule has 20 heavy (non-hydrogen) atoms. The average molecular weight is 273 g/mol. The Kier molecular flexibility index (Phi) is 3.28. The van der Waals surface area contributed by atoms with Crippen LogP contribution in [0.4, 0.5) is 5.69 Å². The number of aromatic nitrogens is 2. The van der Waals surface area contributed by atoms with E-state index in [1.807, 2.05) is 37.7 Å². The van der Waals surface area contributed by atoms with E-state index in [9.17, 15) is 4.79 Å². The predicted molar refractivity (Wildman–Crippen MR) is 83.6 cm³/mol. The number of anilines is 1. The molecule has 0 spiro atoms. The number of nitrogens with zero attached hydrogens (tertiary/aromatic N) is 2. The van der Waals surface area contributed by atoms with Crippen LogP contribution in [0.1, 0.15) is 37.6 Å². The standard InChI is InChI=1S/C16H23N3O/c1-10-7-11(2)9-12(8-10)19-15(20)13(17)14(18(19)6)16(3,4)5/h7-9H,17H2,1-6H3. The fourth-order valence-corrected chi connectivity index (χ4v) is 2.88.